The predicted molar refractivity (Wildman–Crippen MR) is 112 cm³/mol. The highest BCUT2D eigenvalue weighted by molar-refractivity contribution is 6.37. The van der Waals surface area contributed by atoms with Crippen molar-refractivity contribution in [2.24, 2.45) is 12.8 Å². The molecule has 0 unspecified atom stereocenters. The number of H-pyrrole nitrogens is 1. The highest BCUT2D eigenvalue weighted by atomic mass is 35.5. The number of nitrogens with zero attached hydrogens (tertiary/aromatic N) is 6. The van der Waals surface area contributed by atoms with Gasteiger partial charge >= 0.3 is 6.01 Å². The molecule has 10 heteroatoms. The number of ether oxygens (including phenoxy) is 1. The Morgan fingerprint density at radius 2 is 2.21 bits per heavy atom. The molecule has 3 N–H and O–H groups in total. The minimum atomic E-state index is 0.114. The van der Waals surface area contributed by atoms with Crippen LogP contribution < -0.4 is 15.4 Å². The van der Waals surface area contributed by atoms with Crippen molar-refractivity contribution in [2.45, 2.75) is 25.8 Å². The maximum absolute atomic E-state index is 6.63. The molecule has 0 bridgehead atoms. The molecule has 0 radical (unpaired) electrons. The molecule has 1 atom stereocenters. The van der Waals surface area contributed by atoms with Gasteiger partial charge in [0.15, 0.2) is 11.4 Å². The first kappa shape index (κ1) is 18.1. The van der Waals surface area contributed by atoms with E-state index in [9.17, 15) is 0 Å². The number of anilines is 1. The van der Waals surface area contributed by atoms with Crippen molar-refractivity contribution >= 4 is 39.6 Å². The number of nitrogens with one attached hydrogen (secondary N) is 1. The van der Waals surface area contributed by atoms with E-state index >= 15 is 0 Å². The summed E-state index contributed by atoms with van der Waals surface area (Å²) in [6.07, 6.45) is 5.03. The smallest absolute Gasteiger partial charge is 0.326 e. The van der Waals surface area contributed by atoms with E-state index in [1.807, 2.05) is 24.6 Å². The molecule has 1 aliphatic rings. The molecule has 0 aromatic carbocycles. The van der Waals surface area contributed by atoms with Gasteiger partial charge < -0.3 is 24.9 Å². The number of hydrogen-bond donors (Lipinski definition) is 2. The fraction of sp³-hybridized carbons (Fsp3) is 0.368. The number of hydrogen-bond acceptors (Lipinski definition) is 7. The van der Waals surface area contributed by atoms with Crippen LogP contribution in [0.2, 0.25) is 5.02 Å². The molecule has 1 aliphatic heterocycles. The first-order valence-corrected chi connectivity index (χ1v) is 9.94. The van der Waals surface area contributed by atoms with Gasteiger partial charge in [-0.1, -0.05) is 18.5 Å². The lowest BCUT2D eigenvalue weighted by Gasteiger charge is -2.18. The number of rotatable bonds is 4. The van der Waals surface area contributed by atoms with Gasteiger partial charge in [-0.15, -0.1) is 0 Å². The van der Waals surface area contributed by atoms with Gasteiger partial charge in [-0.2, -0.15) is 9.97 Å². The van der Waals surface area contributed by atoms with E-state index in [2.05, 4.69) is 29.8 Å². The van der Waals surface area contributed by atoms with Crippen LogP contribution in [-0.2, 0) is 13.5 Å². The van der Waals surface area contributed by atoms with Gasteiger partial charge in [0.05, 0.1) is 22.9 Å². The quantitative estimate of drug-likeness (QED) is 0.530. The van der Waals surface area contributed by atoms with E-state index in [1.54, 1.807) is 12.5 Å². The topological polar surface area (TPSA) is 111 Å². The van der Waals surface area contributed by atoms with Crippen LogP contribution in [0.4, 0.5) is 5.82 Å². The highest BCUT2D eigenvalue weighted by Gasteiger charge is 2.26. The van der Waals surface area contributed by atoms with Crippen molar-refractivity contribution in [3.05, 3.63) is 29.3 Å². The van der Waals surface area contributed by atoms with Crippen LogP contribution in [0.3, 0.4) is 0 Å². The van der Waals surface area contributed by atoms with Crippen LogP contribution in [-0.4, -0.2) is 48.6 Å². The van der Waals surface area contributed by atoms with E-state index in [4.69, 9.17) is 22.1 Å². The second-order valence-electron chi connectivity index (χ2n) is 7.29. The van der Waals surface area contributed by atoms with E-state index in [0.717, 1.165) is 54.0 Å². The molecule has 1 fully saturated rings. The Bertz CT molecular complexity index is 1220. The van der Waals surface area contributed by atoms with Crippen molar-refractivity contribution in [3.63, 3.8) is 0 Å². The molecule has 9 nitrogen and oxygen atoms in total. The lowest BCUT2D eigenvalue weighted by molar-refractivity contribution is 0.443. The molecule has 1 saturated heterocycles. The minimum Gasteiger partial charge on any atom is -0.422 e. The van der Waals surface area contributed by atoms with Gasteiger partial charge in [-0.05, 0) is 12.8 Å². The van der Waals surface area contributed by atoms with Crippen LogP contribution in [0.25, 0.3) is 22.2 Å². The SMILES string of the molecule is CCc1[nH]c2nc(Oc3cnc4c(c3)ncn4C)nc(N3CC[C@@H](N)C3)c2c1Cl. The summed E-state index contributed by atoms with van der Waals surface area (Å²) in [6, 6.07) is 2.16. The zero-order valence-electron chi connectivity index (χ0n) is 16.2. The summed E-state index contributed by atoms with van der Waals surface area (Å²) in [5.41, 5.74) is 9.22. The highest BCUT2D eigenvalue weighted by Crippen LogP contribution is 2.36. The van der Waals surface area contributed by atoms with E-state index in [0.29, 0.717) is 16.4 Å². The van der Waals surface area contributed by atoms with Crippen molar-refractivity contribution in [1.29, 1.82) is 0 Å². The third-order valence-corrected chi connectivity index (χ3v) is 5.65. The Morgan fingerprint density at radius 1 is 1.34 bits per heavy atom. The van der Waals surface area contributed by atoms with Gasteiger partial charge in [0, 0.05) is 37.9 Å². The second-order valence-corrected chi connectivity index (χ2v) is 7.67. The molecule has 5 heterocycles. The third kappa shape index (κ3) is 3.06. The summed E-state index contributed by atoms with van der Waals surface area (Å²) in [5.74, 6) is 1.26. The van der Waals surface area contributed by atoms with Gasteiger partial charge in [-0.3, -0.25) is 0 Å². The maximum atomic E-state index is 6.63. The fourth-order valence-corrected chi connectivity index (χ4v) is 4.08. The standard InChI is InChI=1S/C19H21ClN8O/c1-3-12-15(20)14-16(24-12)25-19(26-18(14)28-5-4-10(21)8-28)29-11-6-13-17(22-7-11)27(2)9-23-13/h6-7,9-10H,3-5,8,21H2,1-2H3,(H,24,25,26)/t10-/m1/s1. The molecule has 4 aromatic heterocycles. The lowest BCUT2D eigenvalue weighted by atomic mass is 10.3. The summed E-state index contributed by atoms with van der Waals surface area (Å²) in [4.78, 5) is 23.4. The van der Waals surface area contributed by atoms with E-state index in [-0.39, 0.29) is 12.1 Å². The number of aryl methyl sites for hydroxylation is 2. The van der Waals surface area contributed by atoms with Crippen LogP contribution in [0.1, 0.15) is 19.0 Å². The largest absolute Gasteiger partial charge is 0.422 e. The number of imidazole rings is 1. The number of aromatic amines is 1. The first-order valence-electron chi connectivity index (χ1n) is 9.57. The number of aromatic nitrogens is 6. The van der Waals surface area contributed by atoms with Gasteiger partial charge in [-0.25, -0.2) is 9.97 Å². The summed E-state index contributed by atoms with van der Waals surface area (Å²) < 4.78 is 7.81. The van der Waals surface area contributed by atoms with Gasteiger partial charge in [0.25, 0.3) is 0 Å². The average molecular weight is 413 g/mol. The Kier molecular flexibility index (Phi) is 4.29. The minimum absolute atomic E-state index is 0.114. The van der Waals surface area contributed by atoms with Crippen LogP contribution in [0.15, 0.2) is 18.6 Å². The molecule has 150 valence electrons. The number of pyridine rings is 1. The molecule has 0 spiro atoms. The monoisotopic (exact) mass is 412 g/mol. The van der Waals surface area contributed by atoms with Crippen LogP contribution in [0.5, 0.6) is 11.8 Å². The van der Waals surface area contributed by atoms with Crippen LogP contribution in [0, 0.1) is 0 Å². The van der Waals surface area contributed by atoms with E-state index < -0.39 is 0 Å². The summed E-state index contributed by atoms with van der Waals surface area (Å²) in [7, 11) is 1.90. The molecule has 0 aliphatic carbocycles. The average Bonchev–Trinajstić information content (AvgIpc) is 3.39. The zero-order chi connectivity index (χ0) is 20.1. The summed E-state index contributed by atoms with van der Waals surface area (Å²) >= 11 is 6.63. The number of halogens is 1. The predicted octanol–water partition coefficient (Wildman–Crippen LogP) is 2.79. The summed E-state index contributed by atoms with van der Waals surface area (Å²) in [5, 5.41) is 1.46. The zero-order valence-corrected chi connectivity index (χ0v) is 16.9. The lowest BCUT2D eigenvalue weighted by Crippen LogP contribution is -2.27. The van der Waals surface area contributed by atoms with Crippen molar-refractivity contribution in [3.8, 4) is 11.8 Å². The Hall–Kier alpha value is -2.91. The Balaban J connectivity index is 1.59. The van der Waals surface area contributed by atoms with Gasteiger partial charge in [0.1, 0.15) is 17.0 Å². The fourth-order valence-electron chi connectivity index (χ4n) is 3.73. The molecular weight excluding hydrogens is 392 g/mol. The Morgan fingerprint density at radius 3 is 2.97 bits per heavy atom. The molecule has 5 rings (SSSR count). The maximum Gasteiger partial charge on any atom is 0.326 e. The Labute approximate surface area is 171 Å². The molecular formula is C19H21ClN8O. The molecule has 0 amide bonds. The second kappa shape index (κ2) is 6.85. The van der Waals surface area contributed by atoms with Gasteiger partial charge in [0.2, 0.25) is 0 Å². The summed E-state index contributed by atoms with van der Waals surface area (Å²) in [6.45, 7) is 3.58. The normalized spacial score (nSPS) is 17.0. The molecule has 0 saturated carbocycles. The van der Waals surface area contributed by atoms with Crippen LogP contribution >= 0.6 is 11.6 Å². The first-order chi connectivity index (χ1) is 14.0. The van der Waals surface area contributed by atoms with Crippen molar-refractivity contribution < 1.29 is 4.74 Å². The van der Waals surface area contributed by atoms with E-state index in [1.165, 1.54) is 0 Å². The number of fused-ring (bicyclic) bond motifs is 2. The third-order valence-electron chi connectivity index (χ3n) is 5.24. The van der Waals surface area contributed by atoms with Crippen molar-refractivity contribution in [2.75, 3.05) is 18.0 Å². The van der Waals surface area contributed by atoms with Crippen molar-refractivity contribution in [1.82, 2.24) is 29.5 Å². The number of nitrogens with two attached hydrogens (primary N) is 1. The molecule has 4 aromatic rings. The molecule has 29 heavy (non-hydrogen) atoms.